The molecular formula is C15H14FN3O2. The third kappa shape index (κ3) is 3.42. The summed E-state index contributed by atoms with van der Waals surface area (Å²) >= 11 is 0. The fourth-order valence-corrected chi connectivity index (χ4v) is 1.76. The molecule has 0 saturated carbocycles. The van der Waals surface area contributed by atoms with E-state index in [4.69, 9.17) is 0 Å². The highest BCUT2D eigenvalue weighted by atomic mass is 19.1. The normalized spacial score (nSPS) is 10.0. The third-order valence-electron chi connectivity index (χ3n) is 2.92. The van der Waals surface area contributed by atoms with Crippen molar-refractivity contribution in [1.82, 2.24) is 10.3 Å². The maximum atomic E-state index is 13.0. The van der Waals surface area contributed by atoms with E-state index >= 15 is 0 Å². The molecule has 1 aromatic carbocycles. The quantitative estimate of drug-likeness (QED) is 0.850. The first-order valence-corrected chi connectivity index (χ1v) is 6.28. The van der Waals surface area contributed by atoms with Crippen molar-refractivity contribution in [2.24, 2.45) is 0 Å². The van der Waals surface area contributed by atoms with Gasteiger partial charge in [0.05, 0.1) is 0 Å². The molecule has 0 fully saturated rings. The Morgan fingerprint density at radius 2 is 1.90 bits per heavy atom. The summed E-state index contributed by atoms with van der Waals surface area (Å²) in [5.74, 6) is -1.51. The van der Waals surface area contributed by atoms with Gasteiger partial charge in [0.1, 0.15) is 5.69 Å². The molecule has 108 valence electrons. The van der Waals surface area contributed by atoms with Crippen LogP contribution in [-0.2, 0) is 0 Å². The summed E-state index contributed by atoms with van der Waals surface area (Å²) in [6.45, 7) is 1.79. The third-order valence-corrected chi connectivity index (χ3v) is 2.92. The number of nitrogens with one attached hydrogen (secondary N) is 2. The van der Waals surface area contributed by atoms with Gasteiger partial charge in [-0.15, -0.1) is 0 Å². The summed E-state index contributed by atoms with van der Waals surface area (Å²) in [5, 5.41) is 5.13. The summed E-state index contributed by atoms with van der Waals surface area (Å²) < 4.78 is 13.0. The van der Waals surface area contributed by atoms with Crippen molar-refractivity contribution < 1.29 is 14.0 Å². The zero-order chi connectivity index (χ0) is 15.4. The van der Waals surface area contributed by atoms with Crippen LogP contribution in [0.25, 0.3) is 0 Å². The number of nitrogens with zero attached hydrogens (tertiary/aromatic N) is 1. The molecule has 21 heavy (non-hydrogen) atoms. The number of carbonyl (C=O) groups excluding carboxylic acids is 2. The lowest BCUT2D eigenvalue weighted by molar-refractivity contribution is 0.0961. The molecule has 0 unspecified atom stereocenters. The smallest absolute Gasteiger partial charge is 0.274 e. The lowest BCUT2D eigenvalue weighted by atomic mass is 10.1. The number of aryl methyl sites for hydroxylation is 1. The van der Waals surface area contributed by atoms with Gasteiger partial charge >= 0.3 is 0 Å². The van der Waals surface area contributed by atoms with Crippen molar-refractivity contribution in [2.75, 3.05) is 12.4 Å². The molecule has 0 atom stereocenters. The number of hydrogen-bond donors (Lipinski definition) is 2. The minimum Gasteiger partial charge on any atom is -0.355 e. The highest BCUT2D eigenvalue weighted by molar-refractivity contribution is 6.04. The lowest BCUT2D eigenvalue weighted by Gasteiger charge is -2.10. The Bertz CT molecular complexity index is 701. The van der Waals surface area contributed by atoms with Gasteiger partial charge in [-0.2, -0.15) is 4.39 Å². The van der Waals surface area contributed by atoms with Gasteiger partial charge in [0.25, 0.3) is 11.8 Å². The molecule has 5 nitrogen and oxygen atoms in total. The summed E-state index contributed by atoms with van der Waals surface area (Å²) in [6.07, 6.45) is 0. The number of carbonyl (C=O) groups is 2. The lowest BCUT2D eigenvalue weighted by Crippen LogP contribution is -2.19. The number of aromatic nitrogens is 1. The number of amides is 2. The van der Waals surface area contributed by atoms with Crippen LogP contribution in [0, 0.1) is 12.9 Å². The SMILES string of the molecule is CNC(=O)c1ccc(C)c(NC(=O)c2cccc(F)n2)c1. The molecule has 0 spiro atoms. The Kier molecular flexibility index (Phi) is 4.27. The minimum atomic E-state index is -0.724. The molecule has 0 saturated heterocycles. The number of pyridine rings is 1. The molecule has 0 aliphatic carbocycles. The van der Waals surface area contributed by atoms with Gasteiger partial charge in [0, 0.05) is 18.3 Å². The van der Waals surface area contributed by atoms with Gasteiger partial charge in [-0.05, 0) is 36.8 Å². The molecule has 2 rings (SSSR count). The van der Waals surface area contributed by atoms with Crippen molar-refractivity contribution in [3.8, 4) is 0 Å². The van der Waals surface area contributed by atoms with E-state index in [1.807, 2.05) is 0 Å². The van der Waals surface area contributed by atoms with E-state index in [0.29, 0.717) is 11.3 Å². The average Bonchev–Trinajstić information content (AvgIpc) is 2.48. The second-order valence-corrected chi connectivity index (χ2v) is 4.41. The highest BCUT2D eigenvalue weighted by Gasteiger charge is 2.12. The van der Waals surface area contributed by atoms with E-state index in [2.05, 4.69) is 15.6 Å². The van der Waals surface area contributed by atoms with E-state index in [9.17, 15) is 14.0 Å². The Morgan fingerprint density at radius 3 is 2.57 bits per heavy atom. The van der Waals surface area contributed by atoms with Crippen LogP contribution in [0.2, 0.25) is 0 Å². The zero-order valence-corrected chi connectivity index (χ0v) is 11.6. The first-order valence-electron chi connectivity index (χ1n) is 6.28. The van der Waals surface area contributed by atoms with Crippen molar-refractivity contribution in [1.29, 1.82) is 0 Å². The predicted octanol–water partition coefficient (Wildman–Crippen LogP) is 2.14. The number of rotatable bonds is 3. The summed E-state index contributed by atoms with van der Waals surface area (Å²) in [5.41, 5.74) is 1.66. The summed E-state index contributed by atoms with van der Waals surface area (Å²) in [4.78, 5) is 27.1. The van der Waals surface area contributed by atoms with E-state index in [1.165, 1.54) is 19.2 Å². The Hall–Kier alpha value is -2.76. The number of hydrogen-bond acceptors (Lipinski definition) is 3. The van der Waals surface area contributed by atoms with Crippen molar-refractivity contribution in [3.63, 3.8) is 0 Å². The van der Waals surface area contributed by atoms with Gasteiger partial charge < -0.3 is 10.6 Å². The van der Waals surface area contributed by atoms with Crippen LogP contribution < -0.4 is 10.6 Å². The fraction of sp³-hybridized carbons (Fsp3) is 0.133. The standard InChI is InChI=1S/C15H14FN3O2/c1-9-6-7-10(14(20)17-2)8-12(9)19-15(21)11-4-3-5-13(16)18-11/h3-8H,1-2H3,(H,17,20)(H,19,21). The number of benzene rings is 1. The minimum absolute atomic E-state index is 0.0280. The van der Waals surface area contributed by atoms with Gasteiger partial charge in [-0.1, -0.05) is 12.1 Å². The Labute approximate surface area is 121 Å². The molecule has 2 N–H and O–H groups in total. The molecule has 2 aromatic rings. The van der Waals surface area contributed by atoms with Crippen molar-refractivity contribution in [3.05, 3.63) is 59.2 Å². The molecule has 1 heterocycles. The second-order valence-electron chi connectivity index (χ2n) is 4.41. The van der Waals surface area contributed by atoms with E-state index < -0.39 is 11.9 Å². The van der Waals surface area contributed by atoms with Crippen molar-refractivity contribution >= 4 is 17.5 Å². The topological polar surface area (TPSA) is 71.1 Å². The van der Waals surface area contributed by atoms with Crippen molar-refractivity contribution in [2.45, 2.75) is 6.92 Å². The van der Waals surface area contributed by atoms with Crippen LogP contribution in [0.3, 0.4) is 0 Å². The van der Waals surface area contributed by atoms with Gasteiger partial charge in [0.15, 0.2) is 0 Å². The van der Waals surface area contributed by atoms with Crippen LogP contribution in [0.5, 0.6) is 0 Å². The highest BCUT2D eigenvalue weighted by Crippen LogP contribution is 2.17. The number of halogens is 1. The van der Waals surface area contributed by atoms with E-state index in [-0.39, 0.29) is 11.6 Å². The second kappa shape index (κ2) is 6.13. The number of anilines is 1. The van der Waals surface area contributed by atoms with E-state index in [1.54, 1.807) is 25.1 Å². The van der Waals surface area contributed by atoms with Crippen LogP contribution in [-0.4, -0.2) is 23.8 Å². The van der Waals surface area contributed by atoms with Crippen LogP contribution in [0.1, 0.15) is 26.4 Å². The van der Waals surface area contributed by atoms with Gasteiger partial charge in [-0.3, -0.25) is 9.59 Å². The Balaban J connectivity index is 2.26. The molecular weight excluding hydrogens is 273 g/mol. The maximum Gasteiger partial charge on any atom is 0.274 e. The molecule has 2 amide bonds. The zero-order valence-electron chi connectivity index (χ0n) is 11.6. The monoisotopic (exact) mass is 287 g/mol. The van der Waals surface area contributed by atoms with Crippen LogP contribution >= 0.6 is 0 Å². The molecule has 0 radical (unpaired) electrons. The fourth-order valence-electron chi connectivity index (χ4n) is 1.76. The molecule has 1 aromatic heterocycles. The average molecular weight is 287 g/mol. The summed E-state index contributed by atoms with van der Waals surface area (Å²) in [7, 11) is 1.52. The largest absolute Gasteiger partial charge is 0.355 e. The van der Waals surface area contributed by atoms with E-state index in [0.717, 1.165) is 11.6 Å². The van der Waals surface area contributed by atoms with Gasteiger partial charge in [-0.25, -0.2) is 4.98 Å². The van der Waals surface area contributed by atoms with Crippen LogP contribution in [0.15, 0.2) is 36.4 Å². The van der Waals surface area contributed by atoms with Crippen LogP contribution in [0.4, 0.5) is 10.1 Å². The molecule has 6 heteroatoms. The van der Waals surface area contributed by atoms with Gasteiger partial charge in [0.2, 0.25) is 5.95 Å². The first kappa shape index (κ1) is 14.6. The Morgan fingerprint density at radius 1 is 1.14 bits per heavy atom. The maximum absolute atomic E-state index is 13.0. The molecule has 0 bridgehead atoms. The summed E-state index contributed by atoms with van der Waals surface area (Å²) in [6, 6.07) is 8.92. The predicted molar refractivity (Wildman–Crippen MR) is 76.7 cm³/mol. The first-order chi connectivity index (χ1) is 10.0. The molecule has 0 aliphatic heterocycles. The molecule has 0 aliphatic rings.